The number of thiophene rings is 2. The fraction of sp³-hybridized carbons (Fsp3) is 0.385. The molecule has 0 amide bonds. The lowest BCUT2D eigenvalue weighted by Gasteiger charge is -2.14. The van der Waals surface area contributed by atoms with Crippen molar-refractivity contribution in [3.63, 3.8) is 0 Å². The summed E-state index contributed by atoms with van der Waals surface area (Å²) in [7, 11) is 0. The van der Waals surface area contributed by atoms with Crippen LogP contribution in [0.2, 0.25) is 4.34 Å². The second kappa shape index (κ2) is 5.53. The largest absolute Gasteiger partial charge is 0.305 e. The number of rotatable bonds is 4. The molecule has 0 radical (unpaired) electrons. The van der Waals surface area contributed by atoms with Crippen LogP contribution in [0.4, 0.5) is 0 Å². The fourth-order valence-corrected chi connectivity index (χ4v) is 4.14. The lowest BCUT2D eigenvalue weighted by molar-refractivity contribution is 0.648. The third kappa shape index (κ3) is 2.91. The van der Waals surface area contributed by atoms with E-state index in [-0.39, 0.29) is 6.04 Å². The van der Waals surface area contributed by atoms with Crippen LogP contribution < -0.4 is 5.32 Å². The molecule has 4 heteroatoms. The Labute approximate surface area is 115 Å². The van der Waals surface area contributed by atoms with Crippen LogP contribution >= 0.6 is 34.3 Å². The van der Waals surface area contributed by atoms with E-state index in [0.717, 1.165) is 10.9 Å². The fourth-order valence-electron chi connectivity index (χ4n) is 1.78. The second-order valence-corrected chi connectivity index (χ2v) is 7.05. The van der Waals surface area contributed by atoms with Crippen LogP contribution in [0.25, 0.3) is 0 Å². The summed E-state index contributed by atoms with van der Waals surface area (Å²) in [6, 6.07) is 6.85. The van der Waals surface area contributed by atoms with Gasteiger partial charge in [0.2, 0.25) is 0 Å². The van der Waals surface area contributed by atoms with Crippen molar-refractivity contribution >= 4 is 34.3 Å². The molecule has 1 nitrogen and oxygen atoms in total. The van der Waals surface area contributed by atoms with Gasteiger partial charge in [-0.1, -0.05) is 18.5 Å². The highest BCUT2D eigenvalue weighted by molar-refractivity contribution is 7.17. The maximum atomic E-state index is 6.16. The zero-order valence-corrected chi connectivity index (χ0v) is 12.6. The molecular formula is C13H16ClNS2. The Morgan fingerprint density at radius 3 is 2.47 bits per heavy atom. The summed E-state index contributed by atoms with van der Waals surface area (Å²) < 4.78 is 0.899. The van der Waals surface area contributed by atoms with Gasteiger partial charge in [0.15, 0.2) is 0 Å². The van der Waals surface area contributed by atoms with Crippen LogP contribution in [0.5, 0.6) is 0 Å². The molecule has 2 aromatic rings. The van der Waals surface area contributed by atoms with E-state index in [1.165, 1.54) is 20.2 Å². The van der Waals surface area contributed by atoms with Crippen molar-refractivity contribution in [2.75, 3.05) is 6.54 Å². The molecule has 0 bridgehead atoms. The molecule has 17 heavy (non-hydrogen) atoms. The number of aryl methyl sites for hydroxylation is 2. The van der Waals surface area contributed by atoms with Crippen molar-refractivity contribution in [2.45, 2.75) is 26.8 Å². The second-order valence-electron chi connectivity index (χ2n) is 4.04. The molecule has 2 aromatic heterocycles. The Morgan fingerprint density at radius 2 is 2.00 bits per heavy atom. The zero-order valence-electron chi connectivity index (χ0n) is 10.2. The molecule has 0 aliphatic heterocycles. The van der Waals surface area contributed by atoms with Crippen LogP contribution in [0.3, 0.4) is 0 Å². The van der Waals surface area contributed by atoms with Gasteiger partial charge >= 0.3 is 0 Å². The van der Waals surface area contributed by atoms with E-state index in [0.29, 0.717) is 0 Å². The summed E-state index contributed by atoms with van der Waals surface area (Å²) in [4.78, 5) is 4.01. The molecule has 1 atom stereocenters. The van der Waals surface area contributed by atoms with Gasteiger partial charge in [-0.25, -0.2) is 0 Å². The average molecular weight is 286 g/mol. The summed E-state index contributed by atoms with van der Waals surface area (Å²) >= 11 is 9.68. The Bertz CT molecular complexity index is 482. The van der Waals surface area contributed by atoms with Gasteiger partial charge in [0.25, 0.3) is 0 Å². The number of hydrogen-bond acceptors (Lipinski definition) is 3. The summed E-state index contributed by atoms with van der Waals surface area (Å²) in [5, 5.41) is 3.53. The van der Waals surface area contributed by atoms with Gasteiger partial charge in [-0.15, -0.1) is 22.7 Å². The quantitative estimate of drug-likeness (QED) is 0.852. The molecule has 0 fully saturated rings. The van der Waals surface area contributed by atoms with Crippen molar-refractivity contribution in [3.8, 4) is 0 Å². The highest BCUT2D eigenvalue weighted by Gasteiger charge is 2.17. The van der Waals surface area contributed by atoms with Crippen LogP contribution in [0, 0.1) is 13.8 Å². The summed E-state index contributed by atoms with van der Waals surface area (Å²) in [6.45, 7) is 7.29. The van der Waals surface area contributed by atoms with E-state index < -0.39 is 0 Å². The molecule has 0 aliphatic carbocycles. The molecule has 2 heterocycles. The minimum Gasteiger partial charge on any atom is -0.305 e. The van der Waals surface area contributed by atoms with Gasteiger partial charge in [-0.2, -0.15) is 0 Å². The van der Waals surface area contributed by atoms with Gasteiger partial charge < -0.3 is 5.32 Å². The first-order valence-electron chi connectivity index (χ1n) is 5.67. The van der Waals surface area contributed by atoms with Crippen LogP contribution in [-0.2, 0) is 0 Å². The molecule has 92 valence electrons. The number of hydrogen-bond donors (Lipinski definition) is 1. The van der Waals surface area contributed by atoms with E-state index in [9.17, 15) is 0 Å². The monoisotopic (exact) mass is 285 g/mol. The lowest BCUT2D eigenvalue weighted by atomic mass is 10.2. The molecule has 0 saturated heterocycles. The predicted octanol–water partition coefficient (Wildman–Crippen LogP) is 4.78. The Balaban J connectivity index is 2.34. The van der Waals surface area contributed by atoms with E-state index in [2.05, 4.69) is 44.3 Å². The first-order chi connectivity index (χ1) is 8.11. The highest BCUT2D eigenvalue weighted by Crippen LogP contribution is 2.36. The third-order valence-corrected chi connectivity index (χ3v) is 5.30. The first kappa shape index (κ1) is 13.1. The van der Waals surface area contributed by atoms with E-state index in [1.807, 2.05) is 11.3 Å². The molecule has 0 saturated carbocycles. The summed E-state index contributed by atoms with van der Waals surface area (Å²) in [5.41, 5.74) is 1.17. The summed E-state index contributed by atoms with van der Waals surface area (Å²) in [5.74, 6) is 0. The van der Waals surface area contributed by atoms with Crippen LogP contribution in [0.1, 0.15) is 33.2 Å². The first-order valence-corrected chi connectivity index (χ1v) is 7.68. The van der Waals surface area contributed by atoms with Crippen molar-refractivity contribution in [3.05, 3.63) is 42.7 Å². The smallest absolute Gasteiger partial charge is 0.0961 e. The van der Waals surface area contributed by atoms with Crippen LogP contribution in [-0.4, -0.2) is 6.54 Å². The number of nitrogens with one attached hydrogen (secondary N) is 1. The van der Waals surface area contributed by atoms with Crippen molar-refractivity contribution in [1.29, 1.82) is 0 Å². The number of halogens is 1. The van der Waals surface area contributed by atoms with Gasteiger partial charge in [-0.3, -0.25) is 0 Å². The maximum Gasteiger partial charge on any atom is 0.0961 e. The molecule has 0 aromatic carbocycles. The van der Waals surface area contributed by atoms with Crippen molar-refractivity contribution in [2.24, 2.45) is 0 Å². The van der Waals surface area contributed by atoms with Gasteiger partial charge in [-0.05, 0) is 44.2 Å². The summed E-state index contributed by atoms with van der Waals surface area (Å²) in [6.07, 6.45) is 0. The van der Waals surface area contributed by atoms with Crippen molar-refractivity contribution in [1.82, 2.24) is 5.32 Å². The third-order valence-electron chi connectivity index (χ3n) is 2.61. The average Bonchev–Trinajstić information content (AvgIpc) is 2.83. The maximum absolute atomic E-state index is 6.16. The van der Waals surface area contributed by atoms with Gasteiger partial charge in [0.1, 0.15) is 0 Å². The topological polar surface area (TPSA) is 12.0 Å². The minimum absolute atomic E-state index is 0.287. The van der Waals surface area contributed by atoms with Crippen molar-refractivity contribution < 1.29 is 0 Å². The van der Waals surface area contributed by atoms with Crippen LogP contribution in [0.15, 0.2) is 18.2 Å². The van der Waals surface area contributed by atoms with E-state index in [4.69, 9.17) is 11.6 Å². The molecule has 0 spiro atoms. The molecule has 2 rings (SSSR count). The minimum atomic E-state index is 0.287. The molecule has 1 N–H and O–H groups in total. The Morgan fingerprint density at radius 1 is 1.24 bits per heavy atom. The Hall–Kier alpha value is -0.350. The molecular weight excluding hydrogens is 270 g/mol. The molecule has 1 unspecified atom stereocenters. The highest BCUT2D eigenvalue weighted by atomic mass is 35.5. The van der Waals surface area contributed by atoms with Gasteiger partial charge in [0.05, 0.1) is 10.4 Å². The Kier molecular flexibility index (Phi) is 4.26. The SMILES string of the molecule is CCNC(c1ccc(C)s1)c1cc(C)c(Cl)s1. The lowest BCUT2D eigenvalue weighted by Crippen LogP contribution is -2.20. The van der Waals surface area contributed by atoms with Gasteiger partial charge in [0, 0.05) is 14.6 Å². The molecule has 0 aliphatic rings. The predicted molar refractivity (Wildman–Crippen MR) is 78.6 cm³/mol. The van der Waals surface area contributed by atoms with E-state index >= 15 is 0 Å². The normalized spacial score (nSPS) is 12.9. The standard InChI is InChI=1S/C13H16ClNS2/c1-4-15-12(10-6-5-9(3)16-10)11-7-8(2)13(14)17-11/h5-7,12,15H,4H2,1-3H3. The zero-order chi connectivity index (χ0) is 12.4. The van der Waals surface area contributed by atoms with E-state index in [1.54, 1.807) is 11.3 Å².